The van der Waals surface area contributed by atoms with Gasteiger partial charge < -0.3 is 15.0 Å². The van der Waals surface area contributed by atoms with Crippen molar-refractivity contribution < 1.29 is 22.5 Å². The fourth-order valence-corrected chi connectivity index (χ4v) is 6.50. The van der Waals surface area contributed by atoms with E-state index in [2.05, 4.69) is 19.7 Å². The molecule has 0 saturated heterocycles. The summed E-state index contributed by atoms with van der Waals surface area (Å²) >= 11 is -1.76. The molecule has 6 rings (SSSR count). The maximum Gasteiger partial charge on any atom is 0.228 e. The van der Waals surface area contributed by atoms with Crippen LogP contribution in [-0.2, 0) is 11.4 Å². The van der Waals surface area contributed by atoms with Crippen LogP contribution >= 0.6 is 0 Å². The first-order chi connectivity index (χ1) is 16.8. The Morgan fingerprint density at radius 2 is 1.83 bits per heavy atom. The number of fused-ring (bicyclic) bond motifs is 3. The number of hydrogen-bond donors (Lipinski definition) is 2. The zero-order chi connectivity index (χ0) is 24.6. The highest BCUT2D eigenvalue weighted by atomic mass is 32.2. The molecule has 2 heterocycles. The second kappa shape index (κ2) is 9.54. The van der Waals surface area contributed by atoms with E-state index in [9.17, 15) is 17.7 Å². The molecule has 11 heteroatoms. The maximum absolute atomic E-state index is 14.9. The lowest BCUT2D eigenvalue weighted by Crippen LogP contribution is -2.41. The number of anilines is 2. The largest absolute Gasteiger partial charge is 0.593 e. The van der Waals surface area contributed by atoms with Gasteiger partial charge >= 0.3 is 0 Å². The molecule has 35 heavy (non-hydrogen) atoms. The van der Waals surface area contributed by atoms with Crippen molar-refractivity contribution in [1.82, 2.24) is 15.0 Å². The van der Waals surface area contributed by atoms with Crippen molar-refractivity contribution in [3.8, 4) is 22.9 Å². The van der Waals surface area contributed by atoms with Gasteiger partial charge in [0.2, 0.25) is 17.6 Å². The second-order valence-electron chi connectivity index (χ2n) is 9.19. The molecule has 0 amide bonds. The molecule has 3 aliphatic carbocycles. The van der Waals surface area contributed by atoms with E-state index in [0.29, 0.717) is 17.3 Å². The van der Waals surface area contributed by atoms with Crippen LogP contribution in [0.25, 0.3) is 11.3 Å². The van der Waals surface area contributed by atoms with E-state index in [1.807, 2.05) is 0 Å². The van der Waals surface area contributed by atoms with E-state index < -0.39 is 40.3 Å². The lowest BCUT2D eigenvalue weighted by molar-refractivity contribution is 0.0861. The van der Waals surface area contributed by atoms with Crippen LogP contribution in [-0.4, -0.2) is 25.3 Å². The van der Waals surface area contributed by atoms with Crippen LogP contribution in [0.5, 0.6) is 11.6 Å². The first kappa shape index (κ1) is 23.7. The van der Waals surface area contributed by atoms with Crippen molar-refractivity contribution in [3.63, 3.8) is 0 Å². The highest BCUT2D eigenvalue weighted by Gasteiger charge is 2.44. The van der Waals surface area contributed by atoms with Crippen molar-refractivity contribution in [2.45, 2.75) is 38.5 Å². The number of halogens is 3. The summed E-state index contributed by atoms with van der Waals surface area (Å²) < 4.78 is 65.2. The molecule has 0 radical (unpaired) electrons. The molecule has 1 unspecified atom stereocenters. The molecule has 0 spiro atoms. The third-order valence-electron chi connectivity index (χ3n) is 6.96. The van der Waals surface area contributed by atoms with Gasteiger partial charge in [0.15, 0.2) is 23.1 Å². The van der Waals surface area contributed by atoms with Crippen LogP contribution in [0.1, 0.15) is 38.5 Å². The van der Waals surface area contributed by atoms with Gasteiger partial charge in [-0.05, 0) is 62.6 Å². The van der Waals surface area contributed by atoms with Crippen molar-refractivity contribution in [1.29, 1.82) is 0 Å². The number of rotatable bonds is 7. The molecule has 3 aliphatic rings. The van der Waals surface area contributed by atoms with Gasteiger partial charge in [0.25, 0.3) is 0 Å². The minimum atomic E-state index is -1.76. The number of benzene rings is 1. The number of hydrogen-bond acceptors (Lipinski definition) is 7. The van der Waals surface area contributed by atoms with Crippen LogP contribution < -0.4 is 15.2 Å². The number of nitrogens with zero attached hydrogens (tertiary/aromatic N) is 3. The third-order valence-corrected chi connectivity index (χ3v) is 8.26. The van der Waals surface area contributed by atoms with Crippen LogP contribution in [0.15, 0.2) is 36.7 Å². The van der Waals surface area contributed by atoms with Crippen molar-refractivity contribution in [2.75, 3.05) is 16.2 Å². The van der Waals surface area contributed by atoms with Crippen LogP contribution in [0.2, 0.25) is 0 Å². The molecule has 0 aliphatic heterocycles. The number of pyridine rings is 1. The van der Waals surface area contributed by atoms with Gasteiger partial charge in [0.1, 0.15) is 5.75 Å². The second-order valence-corrected chi connectivity index (χ2v) is 10.4. The standard InChI is InChI=1S/C24H24F3N5O2S/c25-16-12-18(34-22-15(2-1-10-29-22)17-6-11-30-23(28)31-17)19(26)20(27)21(16)32-35(33)13-24-7-3-14(4-8-24)5-9-24/h1-2,6,10-12,14,32H,3-5,7-9,13H2,(H2,28,30,31). The highest BCUT2D eigenvalue weighted by Crippen LogP contribution is 2.51. The predicted molar refractivity (Wildman–Crippen MR) is 126 cm³/mol. The SMILES string of the molecule is Nc1nccc(-c2cccnc2Oc2cc(F)c(N[S+]([O-])CC34CCC(CC3)CC4)c(F)c2F)n1. The zero-order valence-corrected chi connectivity index (χ0v) is 19.6. The molecule has 2 bridgehead atoms. The zero-order valence-electron chi connectivity index (χ0n) is 18.8. The summed E-state index contributed by atoms with van der Waals surface area (Å²) in [5.41, 5.74) is 5.43. The first-order valence-electron chi connectivity index (χ1n) is 11.4. The quantitative estimate of drug-likeness (QED) is 0.329. The van der Waals surface area contributed by atoms with E-state index in [-0.39, 0.29) is 23.0 Å². The van der Waals surface area contributed by atoms with E-state index in [1.54, 1.807) is 18.2 Å². The summed E-state index contributed by atoms with van der Waals surface area (Å²) in [6.07, 6.45) is 8.97. The van der Waals surface area contributed by atoms with Crippen LogP contribution in [0, 0.1) is 28.8 Å². The Hall–Kier alpha value is -3.05. The molecule has 3 aromatic rings. The summed E-state index contributed by atoms with van der Waals surface area (Å²) in [5, 5.41) is 0. The predicted octanol–water partition coefficient (Wildman–Crippen LogP) is 5.38. The molecule has 3 saturated carbocycles. The Morgan fingerprint density at radius 3 is 2.54 bits per heavy atom. The molecule has 1 aromatic carbocycles. The molecule has 1 atom stereocenters. The molecule has 3 N–H and O–H groups in total. The Kier molecular flexibility index (Phi) is 6.45. The minimum Gasteiger partial charge on any atom is -0.593 e. The molecular formula is C24H24F3N5O2S. The Balaban J connectivity index is 1.37. The highest BCUT2D eigenvalue weighted by molar-refractivity contribution is 7.92. The van der Waals surface area contributed by atoms with Gasteiger partial charge in [-0.3, -0.25) is 0 Å². The van der Waals surface area contributed by atoms with Gasteiger partial charge in [0, 0.05) is 23.9 Å². The van der Waals surface area contributed by atoms with Crippen LogP contribution in [0.3, 0.4) is 0 Å². The molecule has 184 valence electrons. The van der Waals surface area contributed by atoms with Gasteiger partial charge in [-0.15, -0.1) is 0 Å². The van der Waals surface area contributed by atoms with Crippen molar-refractivity contribution in [2.24, 2.45) is 11.3 Å². The van der Waals surface area contributed by atoms with Crippen molar-refractivity contribution in [3.05, 3.63) is 54.1 Å². The summed E-state index contributed by atoms with van der Waals surface area (Å²) in [7, 11) is 0. The van der Waals surface area contributed by atoms with E-state index in [4.69, 9.17) is 10.5 Å². The summed E-state index contributed by atoms with van der Waals surface area (Å²) in [6, 6.07) is 5.43. The van der Waals surface area contributed by atoms with Gasteiger partial charge in [-0.2, -0.15) is 4.39 Å². The summed E-state index contributed by atoms with van der Waals surface area (Å²) in [6.45, 7) is 0. The number of nitrogen functional groups attached to an aromatic ring is 1. The summed E-state index contributed by atoms with van der Waals surface area (Å²) in [4.78, 5) is 11.9. The number of nitrogens with one attached hydrogen (secondary N) is 1. The fraction of sp³-hybridized carbons (Fsp3) is 0.375. The minimum absolute atomic E-state index is 0.00446. The fourth-order valence-electron chi connectivity index (χ4n) is 5.02. The smallest absolute Gasteiger partial charge is 0.228 e. The van der Waals surface area contributed by atoms with Gasteiger partial charge in [-0.25, -0.2) is 28.5 Å². The first-order valence-corrected chi connectivity index (χ1v) is 12.7. The monoisotopic (exact) mass is 503 g/mol. The lowest BCUT2D eigenvalue weighted by atomic mass is 9.62. The molecular weight excluding hydrogens is 479 g/mol. The third kappa shape index (κ3) is 4.87. The van der Waals surface area contributed by atoms with E-state index in [0.717, 1.165) is 44.4 Å². The Labute approximate surface area is 203 Å². The Morgan fingerprint density at radius 1 is 1.09 bits per heavy atom. The van der Waals surface area contributed by atoms with E-state index in [1.165, 1.54) is 12.4 Å². The molecule has 3 fully saturated rings. The Bertz CT molecular complexity index is 1230. The average molecular weight is 504 g/mol. The molecule has 2 aromatic heterocycles. The lowest BCUT2D eigenvalue weighted by Gasteiger charge is -2.45. The number of nitrogens with two attached hydrogens (primary N) is 1. The van der Waals surface area contributed by atoms with E-state index >= 15 is 0 Å². The van der Waals surface area contributed by atoms with Gasteiger partial charge in [-0.1, -0.05) is 0 Å². The number of ether oxygens (including phenoxy) is 1. The molecule has 7 nitrogen and oxygen atoms in total. The normalized spacial score (nSPS) is 22.1. The summed E-state index contributed by atoms with van der Waals surface area (Å²) in [5.74, 6) is -3.88. The topological polar surface area (TPSA) is 109 Å². The number of aromatic nitrogens is 3. The van der Waals surface area contributed by atoms with Gasteiger partial charge in [0.05, 0.1) is 22.6 Å². The van der Waals surface area contributed by atoms with Crippen LogP contribution in [0.4, 0.5) is 24.8 Å². The maximum atomic E-state index is 14.9. The van der Waals surface area contributed by atoms with Crippen molar-refractivity contribution >= 4 is 23.0 Å². The average Bonchev–Trinajstić information content (AvgIpc) is 2.86.